The molecule has 0 amide bonds. The summed E-state index contributed by atoms with van der Waals surface area (Å²) in [6, 6.07) is 0. The van der Waals surface area contributed by atoms with Gasteiger partial charge in [0.15, 0.2) is 5.89 Å². The number of aryl methyl sites for hydroxylation is 3. The molecule has 0 aliphatic heterocycles. The van der Waals surface area contributed by atoms with Crippen molar-refractivity contribution in [2.24, 2.45) is 0 Å². The van der Waals surface area contributed by atoms with Crippen molar-refractivity contribution in [1.82, 2.24) is 4.98 Å². The van der Waals surface area contributed by atoms with Crippen LogP contribution in [0.25, 0.3) is 0 Å². The van der Waals surface area contributed by atoms with Gasteiger partial charge in [-0.3, -0.25) is 0 Å². The Hall–Kier alpha value is -1.23. The first-order valence-electron chi connectivity index (χ1n) is 3.60. The second-order valence-electron chi connectivity index (χ2n) is 2.45. The minimum Gasteiger partial charge on any atom is -0.446 e. The molecule has 1 rings (SSSR count). The van der Waals surface area contributed by atoms with Gasteiger partial charge in [0.05, 0.1) is 5.69 Å². The lowest BCUT2D eigenvalue weighted by Crippen LogP contribution is -1.82. The van der Waals surface area contributed by atoms with Gasteiger partial charge in [-0.05, 0) is 13.8 Å². The Balaban J connectivity index is 2.67. The number of hydrogen-bond donors (Lipinski definition) is 0. The van der Waals surface area contributed by atoms with Crippen molar-refractivity contribution < 1.29 is 4.42 Å². The van der Waals surface area contributed by atoms with Crippen LogP contribution in [0.2, 0.25) is 0 Å². The van der Waals surface area contributed by atoms with E-state index in [1.54, 1.807) is 0 Å². The minimum absolute atomic E-state index is 0.694. The van der Waals surface area contributed by atoms with Crippen LogP contribution < -0.4 is 0 Å². The lowest BCUT2D eigenvalue weighted by molar-refractivity contribution is 0.472. The van der Waals surface area contributed by atoms with Crippen LogP contribution in [0.3, 0.4) is 0 Å². The van der Waals surface area contributed by atoms with E-state index >= 15 is 0 Å². The first-order chi connectivity index (χ1) is 5.24. The maximum atomic E-state index is 5.31. The fourth-order valence-corrected chi connectivity index (χ4v) is 0.825. The van der Waals surface area contributed by atoms with Gasteiger partial charge in [-0.15, -0.1) is 12.3 Å². The lowest BCUT2D eigenvalue weighted by atomic mass is 10.3. The zero-order chi connectivity index (χ0) is 8.27. The number of oxazole rings is 1. The highest BCUT2D eigenvalue weighted by Gasteiger charge is 2.03. The van der Waals surface area contributed by atoms with Crippen molar-refractivity contribution in [3.8, 4) is 12.3 Å². The van der Waals surface area contributed by atoms with Gasteiger partial charge in [-0.25, -0.2) is 4.98 Å². The van der Waals surface area contributed by atoms with Crippen LogP contribution in [0, 0.1) is 26.2 Å². The summed E-state index contributed by atoms with van der Waals surface area (Å²) in [6.07, 6.45) is 6.54. The third-order valence-corrected chi connectivity index (χ3v) is 1.56. The van der Waals surface area contributed by atoms with Crippen LogP contribution in [0.4, 0.5) is 0 Å². The first kappa shape index (κ1) is 7.87. The number of terminal acetylenes is 1. The van der Waals surface area contributed by atoms with Crippen LogP contribution in [-0.4, -0.2) is 4.98 Å². The summed E-state index contributed by atoms with van der Waals surface area (Å²) in [5.41, 5.74) is 0.956. The van der Waals surface area contributed by atoms with Gasteiger partial charge in [0, 0.05) is 12.8 Å². The number of hydrogen-bond acceptors (Lipinski definition) is 2. The minimum atomic E-state index is 0.694. The molecular weight excluding hydrogens is 138 g/mol. The Morgan fingerprint density at radius 2 is 2.27 bits per heavy atom. The predicted molar refractivity (Wildman–Crippen MR) is 43.1 cm³/mol. The van der Waals surface area contributed by atoms with Gasteiger partial charge < -0.3 is 4.42 Å². The zero-order valence-electron chi connectivity index (χ0n) is 6.85. The van der Waals surface area contributed by atoms with Gasteiger partial charge in [-0.2, -0.15) is 0 Å². The second-order valence-corrected chi connectivity index (χ2v) is 2.45. The fraction of sp³-hybridized carbons (Fsp3) is 0.444. The van der Waals surface area contributed by atoms with Crippen molar-refractivity contribution in [3.05, 3.63) is 17.3 Å². The van der Waals surface area contributed by atoms with Crippen LogP contribution in [0.5, 0.6) is 0 Å². The highest BCUT2D eigenvalue weighted by molar-refractivity contribution is 5.06. The molecule has 1 aromatic heterocycles. The van der Waals surface area contributed by atoms with Gasteiger partial charge in [-0.1, -0.05) is 0 Å². The van der Waals surface area contributed by atoms with Gasteiger partial charge in [0.1, 0.15) is 5.76 Å². The molecule has 0 saturated heterocycles. The smallest absolute Gasteiger partial charge is 0.195 e. The van der Waals surface area contributed by atoms with E-state index in [1.165, 1.54) is 0 Å². The topological polar surface area (TPSA) is 26.0 Å². The van der Waals surface area contributed by atoms with E-state index in [2.05, 4.69) is 10.9 Å². The Morgan fingerprint density at radius 3 is 2.73 bits per heavy atom. The molecule has 0 fully saturated rings. The van der Waals surface area contributed by atoms with E-state index in [-0.39, 0.29) is 0 Å². The summed E-state index contributed by atoms with van der Waals surface area (Å²) < 4.78 is 5.31. The maximum Gasteiger partial charge on any atom is 0.195 e. The molecule has 0 unspecified atom stereocenters. The van der Waals surface area contributed by atoms with E-state index in [0.29, 0.717) is 6.42 Å². The van der Waals surface area contributed by atoms with Crippen LogP contribution >= 0.6 is 0 Å². The summed E-state index contributed by atoms with van der Waals surface area (Å²) in [5.74, 6) is 4.18. The van der Waals surface area contributed by atoms with Crippen molar-refractivity contribution in [2.45, 2.75) is 26.7 Å². The molecule has 58 valence electrons. The Kier molecular flexibility index (Phi) is 2.32. The van der Waals surface area contributed by atoms with E-state index < -0.39 is 0 Å². The SMILES string of the molecule is C#CCCc1nc(C)c(C)o1. The van der Waals surface area contributed by atoms with Gasteiger partial charge in [0.2, 0.25) is 0 Å². The first-order valence-corrected chi connectivity index (χ1v) is 3.60. The molecule has 0 aromatic carbocycles. The summed E-state index contributed by atoms with van der Waals surface area (Å²) in [5, 5.41) is 0. The molecule has 0 saturated carbocycles. The summed E-state index contributed by atoms with van der Waals surface area (Å²) in [4.78, 5) is 4.19. The average molecular weight is 149 g/mol. The molecule has 0 spiro atoms. The molecule has 0 atom stereocenters. The standard InChI is InChI=1S/C9H11NO/c1-4-5-6-9-10-7(2)8(3)11-9/h1H,5-6H2,2-3H3. The van der Waals surface area contributed by atoms with Crippen molar-refractivity contribution in [2.75, 3.05) is 0 Å². The third-order valence-electron chi connectivity index (χ3n) is 1.56. The van der Waals surface area contributed by atoms with Gasteiger partial charge in [0.25, 0.3) is 0 Å². The molecule has 2 nitrogen and oxygen atoms in total. The second kappa shape index (κ2) is 3.25. The van der Waals surface area contributed by atoms with Crippen molar-refractivity contribution >= 4 is 0 Å². The molecule has 0 N–H and O–H groups in total. The predicted octanol–water partition coefficient (Wildman–Crippen LogP) is 1.86. The number of rotatable bonds is 2. The molecule has 2 heteroatoms. The molecule has 1 heterocycles. The number of aromatic nitrogens is 1. The van der Waals surface area contributed by atoms with Crippen molar-refractivity contribution in [3.63, 3.8) is 0 Å². The average Bonchev–Trinajstić information content (AvgIpc) is 2.28. The third kappa shape index (κ3) is 1.84. The molecule has 1 aromatic rings. The zero-order valence-corrected chi connectivity index (χ0v) is 6.85. The lowest BCUT2D eigenvalue weighted by Gasteiger charge is -1.85. The normalized spacial score (nSPS) is 9.55. The van der Waals surface area contributed by atoms with E-state index in [1.807, 2.05) is 13.8 Å². The highest BCUT2D eigenvalue weighted by Crippen LogP contribution is 2.09. The van der Waals surface area contributed by atoms with Gasteiger partial charge >= 0.3 is 0 Å². The molecular formula is C9H11NO. The molecule has 0 aliphatic rings. The van der Waals surface area contributed by atoms with Crippen LogP contribution in [0.15, 0.2) is 4.42 Å². The van der Waals surface area contributed by atoms with E-state index in [0.717, 1.165) is 23.8 Å². The maximum absolute atomic E-state index is 5.31. The molecule has 0 aliphatic carbocycles. The Bertz CT molecular complexity index is 261. The highest BCUT2D eigenvalue weighted by atomic mass is 16.4. The van der Waals surface area contributed by atoms with Crippen LogP contribution in [0.1, 0.15) is 23.8 Å². The van der Waals surface area contributed by atoms with Crippen LogP contribution in [-0.2, 0) is 6.42 Å². The van der Waals surface area contributed by atoms with E-state index in [4.69, 9.17) is 10.8 Å². The molecule has 0 bridgehead atoms. The summed E-state index contributed by atoms with van der Waals surface area (Å²) in [7, 11) is 0. The fourth-order valence-electron chi connectivity index (χ4n) is 0.825. The largest absolute Gasteiger partial charge is 0.446 e. The summed E-state index contributed by atoms with van der Waals surface area (Å²) in [6.45, 7) is 3.83. The molecule has 0 radical (unpaired) electrons. The summed E-state index contributed by atoms with van der Waals surface area (Å²) >= 11 is 0. The quantitative estimate of drug-likeness (QED) is 0.600. The monoisotopic (exact) mass is 149 g/mol. The van der Waals surface area contributed by atoms with E-state index in [9.17, 15) is 0 Å². The van der Waals surface area contributed by atoms with Crippen molar-refractivity contribution in [1.29, 1.82) is 0 Å². The Morgan fingerprint density at radius 1 is 1.55 bits per heavy atom. The number of nitrogens with zero attached hydrogens (tertiary/aromatic N) is 1. The Labute approximate surface area is 66.6 Å². The molecule has 11 heavy (non-hydrogen) atoms.